The summed E-state index contributed by atoms with van der Waals surface area (Å²) in [5.74, 6) is 0.580. The molecule has 2 aromatic rings. The summed E-state index contributed by atoms with van der Waals surface area (Å²) in [5, 5.41) is 0. The Labute approximate surface area is 178 Å². The topological polar surface area (TPSA) is 50.6 Å². The van der Waals surface area contributed by atoms with E-state index in [1.165, 1.54) is 22.6 Å². The summed E-state index contributed by atoms with van der Waals surface area (Å²) < 4.78 is 48.9. The number of nitrogens with zero attached hydrogens (tertiary/aromatic N) is 4. The Hall–Kier alpha value is -2.55. The van der Waals surface area contributed by atoms with Gasteiger partial charge in [0.2, 0.25) is 5.95 Å². The quantitative estimate of drug-likeness (QED) is 0.721. The molecule has 2 saturated heterocycles. The molecule has 1 aromatic heterocycles. The van der Waals surface area contributed by atoms with Gasteiger partial charge in [0.05, 0.1) is 12.6 Å². The van der Waals surface area contributed by atoms with E-state index in [4.69, 9.17) is 4.74 Å². The minimum absolute atomic E-state index is 0.00202. The Balaban J connectivity index is 1.55. The summed E-state index contributed by atoms with van der Waals surface area (Å²) in [6.07, 6.45) is -2.08. The second-order valence-electron chi connectivity index (χ2n) is 8.57. The summed E-state index contributed by atoms with van der Waals surface area (Å²) in [7, 11) is 1.49. The van der Waals surface area contributed by atoms with Crippen LogP contribution in [0.1, 0.15) is 37.4 Å². The van der Waals surface area contributed by atoms with Crippen LogP contribution in [0.15, 0.2) is 41.2 Å². The second-order valence-corrected chi connectivity index (χ2v) is 8.57. The van der Waals surface area contributed by atoms with E-state index in [0.29, 0.717) is 17.9 Å². The Bertz CT molecular complexity index is 996. The third-order valence-electron chi connectivity index (χ3n) is 6.86. The van der Waals surface area contributed by atoms with Gasteiger partial charge in [0.15, 0.2) is 0 Å². The molecule has 4 aliphatic rings. The standard InChI is InChI=1S/C22H25F3N4O2/c1-31-17(14-5-3-2-4-6-14)13-28-18(22(23,24)25)9-10-27-20(30)12-19(26-21(27)28)29-15-7-8-16(29)11-15/h2-6,12,15-18H,7-11,13H2,1H3/t15-,16?,17+,18?/m0/s1. The fourth-order valence-corrected chi connectivity index (χ4v) is 5.28. The van der Waals surface area contributed by atoms with Crippen LogP contribution in [0.3, 0.4) is 0 Å². The van der Waals surface area contributed by atoms with Crippen molar-refractivity contribution < 1.29 is 17.9 Å². The Kier molecular flexibility index (Phi) is 4.96. The molecule has 1 saturated carbocycles. The lowest BCUT2D eigenvalue weighted by Gasteiger charge is -2.44. The van der Waals surface area contributed by atoms with Gasteiger partial charge >= 0.3 is 6.18 Å². The van der Waals surface area contributed by atoms with E-state index in [1.54, 1.807) is 0 Å². The number of alkyl halides is 3. The molecule has 6 rings (SSSR count). The van der Waals surface area contributed by atoms with Gasteiger partial charge in [-0.1, -0.05) is 30.3 Å². The van der Waals surface area contributed by atoms with Crippen molar-refractivity contribution in [2.75, 3.05) is 23.5 Å². The summed E-state index contributed by atoms with van der Waals surface area (Å²) in [6, 6.07) is 9.60. The van der Waals surface area contributed by atoms with Gasteiger partial charge in [-0.25, -0.2) is 0 Å². The molecule has 1 aliphatic carbocycles. The molecular formula is C22H25F3N4O2. The SMILES string of the molecule is CO[C@H](CN1c2nc(N3C4CC[C@H]3C4)cc(=O)n2CCC1C(F)(F)F)c1ccccc1. The van der Waals surface area contributed by atoms with Crippen LogP contribution >= 0.6 is 0 Å². The molecule has 0 N–H and O–H groups in total. The van der Waals surface area contributed by atoms with E-state index >= 15 is 0 Å². The first-order valence-corrected chi connectivity index (χ1v) is 10.7. The maximum Gasteiger partial charge on any atom is 0.408 e. The van der Waals surface area contributed by atoms with Crippen LogP contribution in [-0.2, 0) is 11.3 Å². The molecule has 0 amide bonds. The van der Waals surface area contributed by atoms with Crippen LogP contribution in [0.2, 0.25) is 0 Å². The van der Waals surface area contributed by atoms with E-state index in [9.17, 15) is 18.0 Å². The van der Waals surface area contributed by atoms with Crippen molar-refractivity contribution in [3.8, 4) is 0 Å². The third-order valence-corrected chi connectivity index (χ3v) is 6.86. The molecule has 1 aromatic carbocycles. The first-order valence-electron chi connectivity index (χ1n) is 10.7. The van der Waals surface area contributed by atoms with Crippen LogP contribution in [-0.4, -0.2) is 47.5 Å². The normalized spacial score (nSPS) is 25.9. The van der Waals surface area contributed by atoms with Crippen molar-refractivity contribution >= 4 is 11.8 Å². The lowest BCUT2D eigenvalue weighted by atomic mass is 10.0. The van der Waals surface area contributed by atoms with Crippen molar-refractivity contribution in [2.24, 2.45) is 0 Å². The summed E-state index contributed by atoms with van der Waals surface area (Å²) in [6.45, 7) is -0.0502. The van der Waals surface area contributed by atoms with Gasteiger partial charge in [-0.2, -0.15) is 18.2 Å². The average molecular weight is 434 g/mol. The van der Waals surface area contributed by atoms with Crippen LogP contribution in [0, 0.1) is 0 Å². The fourth-order valence-electron chi connectivity index (χ4n) is 5.28. The zero-order valence-electron chi connectivity index (χ0n) is 17.3. The van der Waals surface area contributed by atoms with Crippen LogP contribution in [0.5, 0.6) is 0 Å². The number of methoxy groups -OCH3 is 1. The van der Waals surface area contributed by atoms with Crippen molar-refractivity contribution in [2.45, 2.75) is 62.6 Å². The Morgan fingerprint density at radius 3 is 2.48 bits per heavy atom. The molecule has 2 bridgehead atoms. The summed E-state index contributed by atoms with van der Waals surface area (Å²) in [5.41, 5.74) is 0.480. The largest absolute Gasteiger partial charge is 0.408 e. The summed E-state index contributed by atoms with van der Waals surface area (Å²) in [4.78, 5) is 20.8. The highest BCUT2D eigenvalue weighted by Gasteiger charge is 2.49. The van der Waals surface area contributed by atoms with Crippen LogP contribution in [0.4, 0.5) is 24.9 Å². The van der Waals surface area contributed by atoms with Gasteiger partial charge in [0.25, 0.3) is 5.56 Å². The monoisotopic (exact) mass is 434 g/mol. The molecule has 4 atom stereocenters. The van der Waals surface area contributed by atoms with Crippen molar-refractivity contribution in [3.05, 3.63) is 52.3 Å². The molecule has 4 heterocycles. The highest BCUT2D eigenvalue weighted by atomic mass is 19.4. The molecule has 3 aliphatic heterocycles. The number of benzene rings is 1. The van der Waals surface area contributed by atoms with E-state index in [0.717, 1.165) is 24.8 Å². The van der Waals surface area contributed by atoms with Gasteiger partial charge in [0, 0.05) is 31.8 Å². The van der Waals surface area contributed by atoms with Crippen LogP contribution in [0.25, 0.3) is 0 Å². The minimum Gasteiger partial charge on any atom is -0.375 e. The number of rotatable bonds is 5. The van der Waals surface area contributed by atoms with Crippen molar-refractivity contribution in [3.63, 3.8) is 0 Å². The maximum absolute atomic E-state index is 14.0. The van der Waals surface area contributed by atoms with Gasteiger partial charge < -0.3 is 14.5 Å². The van der Waals surface area contributed by atoms with E-state index in [-0.39, 0.29) is 31.0 Å². The third kappa shape index (κ3) is 3.48. The van der Waals surface area contributed by atoms with E-state index in [1.807, 2.05) is 30.3 Å². The number of fused-ring (bicyclic) bond motifs is 2. The molecule has 0 radical (unpaired) electrons. The van der Waals surface area contributed by atoms with Crippen molar-refractivity contribution in [1.29, 1.82) is 0 Å². The molecule has 3 fully saturated rings. The lowest BCUT2D eigenvalue weighted by Crippen LogP contribution is -2.54. The zero-order chi connectivity index (χ0) is 21.8. The zero-order valence-corrected chi connectivity index (χ0v) is 17.3. The molecule has 6 nitrogen and oxygen atoms in total. The van der Waals surface area contributed by atoms with Gasteiger partial charge in [0.1, 0.15) is 11.9 Å². The van der Waals surface area contributed by atoms with Crippen molar-refractivity contribution in [1.82, 2.24) is 9.55 Å². The highest BCUT2D eigenvalue weighted by Crippen LogP contribution is 2.44. The fraction of sp³-hybridized carbons (Fsp3) is 0.545. The van der Waals surface area contributed by atoms with E-state index < -0.39 is 18.3 Å². The first kappa shape index (κ1) is 20.4. The van der Waals surface area contributed by atoms with E-state index in [2.05, 4.69) is 9.88 Å². The summed E-state index contributed by atoms with van der Waals surface area (Å²) >= 11 is 0. The smallest absolute Gasteiger partial charge is 0.375 e. The maximum atomic E-state index is 14.0. The molecule has 2 unspecified atom stereocenters. The predicted octanol–water partition coefficient (Wildman–Crippen LogP) is 3.51. The predicted molar refractivity (Wildman–Crippen MR) is 110 cm³/mol. The molecular weight excluding hydrogens is 409 g/mol. The van der Waals surface area contributed by atoms with Crippen LogP contribution < -0.4 is 15.4 Å². The average Bonchev–Trinajstić information content (AvgIpc) is 3.37. The molecule has 9 heteroatoms. The van der Waals surface area contributed by atoms with Gasteiger partial charge in [-0.3, -0.25) is 9.36 Å². The number of aromatic nitrogens is 2. The highest BCUT2D eigenvalue weighted by molar-refractivity contribution is 5.51. The van der Waals surface area contributed by atoms with Gasteiger partial charge in [-0.15, -0.1) is 0 Å². The number of hydrogen-bond donors (Lipinski definition) is 0. The Morgan fingerprint density at radius 2 is 1.87 bits per heavy atom. The number of hydrogen-bond acceptors (Lipinski definition) is 5. The lowest BCUT2D eigenvalue weighted by molar-refractivity contribution is -0.153. The first-order chi connectivity index (χ1) is 14.9. The molecule has 166 valence electrons. The number of halogens is 3. The number of ether oxygens (including phenoxy) is 1. The second kappa shape index (κ2) is 7.55. The minimum atomic E-state index is -4.44. The Morgan fingerprint density at radius 1 is 1.16 bits per heavy atom. The molecule has 31 heavy (non-hydrogen) atoms. The number of anilines is 2. The molecule has 0 spiro atoms. The van der Waals surface area contributed by atoms with Gasteiger partial charge in [-0.05, 0) is 31.2 Å².